The van der Waals surface area contributed by atoms with E-state index < -0.39 is 18.1 Å². The number of fused-ring (bicyclic) bond motifs is 1. The smallest absolute Gasteiger partial charge is 0.254 e. The lowest BCUT2D eigenvalue weighted by atomic mass is 10.00. The van der Waals surface area contributed by atoms with E-state index in [9.17, 15) is 9.90 Å². The molecule has 200 valence electrons. The zero-order valence-corrected chi connectivity index (χ0v) is 22.5. The molecule has 1 saturated heterocycles. The van der Waals surface area contributed by atoms with Gasteiger partial charge in [0.2, 0.25) is 6.79 Å². The number of carbonyl (C=O) groups excluding carboxylic acids is 1. The van der Waals surface area contributed by atoms with E-state index in [2.05, 4.69) is 21.2 Å². The fraction of sp³-hybridized carbons (Fsp3) is 0.345. The van der Waals surface area contributed by atoms with E-state index in [1.54, 1.807) is 18.2 Å². The molecule has 7 nitrogen and oxygen atoms in total. The Hall–Kier alpha value is -2.81. The van der Waals surface area contributed by atoms with Crippen LogP contribution in [-0.4, -0.2) is 72.5 Å². The van der Waals surface area contributed by atoms with Gasteiger partial charge >= 0.3 is 0 Å². The summed E-state index contributed by atoms with van der Waals surface area (Å²) in [5, 5.41) is 14.8. The molecule has 0 aromatic heterocycles. The van der Waals surface area contributed by atoms with Crippen molar-refractivity contribution in [1.82, 2.24) is 15.1 Å². The Morgan fingerprint density at radius 1 is 0.868 bits per heavy atom. The molecule has 5 rings (SSSR count). The normalized spacial score (nSPS) is 17.2. The number of aliphatic hydroxyl groups is 1. The summed E-state index contributed by atoms with van der Waals surface area (Å²) in [7, 11) is 0. The molecule has 0 bridgehead atoms. The summed E-state index contributed by atoms with van der Waals surface area (Å²) in [4.78, 5) is 17.8. The van der Waals surface area contributed by atoms with Crippen molar-refractivity contribution in [2.75, 3.05) is 39.5 Å². The number of hydrogen-bond donors (Lipinski definition) is 2. The van der Waals surface area contributed by atoms with Crippen LogP contribution < -0.4 is 14.8 Å². The molecule has 9 heteroatoms. The second kappa shape index (κ2) is 12.4. The number of amides is 1. The average Bonchev–Trinajstić information content (AvgIpc) is 3.38. The van der Waals surface area contributed by atoms with Gasteiger partial charge in [-0.15, -0.1) is 0 Å². The predicted molar refractivity (Wildman–Crippen MR) is 148 cm³/mol. The molecular formula is C29H31Cl2N3O4. The number of halogens is 2. The molecule has 38 heavy (non-hydrogen) atoms. The van der Waals surface area contributed by atoms with Crippen molar-refractivity contribution in [3.63, 3.8) is 0 Å². The standard InChI is InChI=1S/C29H31Cl2N3O4/c30-22-7-4-8-23(31)28(22)29(36)32-24(15-20-5-2-1-3-6-20)25(35)18-34-13-11-33(12-14-34)17-21-9-10-26-27(16-21)38-19-37-26/h1-10,16,24-25,35H,11-15,17-19H2,(H,32,36)/t24-,25+/m0/s1. The number of carbonyl (C=O) groups is 1. The van der Waals surface area contributed by atoms with Gasteiger partial charge in [0.15, 0.2) is 11.5 Å². The Bertz CT molecular complexity index is 1230. The van der Waals surface area contributed by atoms with Gasteiger partial charge < -0.3 is 19.9 Å². The topological polar surface area (TPSA) is 74.3 Å². The summed E-state index contributed by atoms with van der Waals surface area (Å²) in [6, 6.07) is 20.4. The minimum Gasteiger partial charge on any atom is -0.454 e. The number of benzene rings is 3. The highest BCUT2D eigenvalue weighted by Gasteiger charge is 2.28. The van der Waals surface area contributed by atoms with Crippen LogP contribution in [0, 0.1) is 0 Å². The first-order chi connectivity index (χ1) is 18.5. The minimum atomic E-state index is -0.777. The maximum Gasteiger partial charge on any atom is 0.254 e. The molecule has 1 fully saturated rings. The van der Waals surface area contributed by atoms with Crippen LogP contribution in [-0.2, 0) is 13.0 Å². The molecular weight excluding hydrogens is 525 g/mol. The number of nitrogens with one attached hydrogen (secondary N) is 1. The van der Waals surface area contributed by atoms with Crippen LogP contribution in [0.2, 0.25) is 10.0 Å². The Morgan fingerprint density at radius 3 is 2.29 bits per heavy atom. The maximum atomic E-state index is 13.1. The van der Waals surface area contributed by atoms with Crippen molar-refractivity contribution in [2.45, 2.75) is 25.1 Å². The summed E-state index contributed by atoms with van der Waals surface area (Å²) in [6.07, 6.45) is -0.291. The van der Waals surface area contributed by atoms with E-state index in [0.29, 0.717) is 13.0 Å². The second-order valence-corrected chi connectivity index (χ2v) is 10.5. The van der Waals surface area contributed by atoms with Crippen LogP contribution >= 0.6 is 23.2 Å². The summed E-state index contributed by atoms with van der Waals surface area (Å²) in [5.41, 5.74) is 2.43. The Balaban J connectivity index is 1.19. The van der Waals surface area contributed by atoms with Crippen LogP contribution in [0.3, 0.4) is 0 Å². The first-order valence-electron chi connectivity index (χ1n) is 12.8. The molecule has 2 aliphatic rings. The molecule has 2 aliphatic heterocycles. The van der Waals surface area contributed by atoms with Gasteiger partial charge in [-0.05, 0) is 41.8 Å². The summed E-state index contributed by atoms with van der Waals surface area (Å²) in [5.74, 6) is 1.20. The predicted octanol–water partition coefficient (Wildman–Crippen LogP) is 4.24. The fourth-order valence-corrected chi connectivity index (χ4v) is 5.49. The van der Waals surface area contributed by atoms with Gasteiger partial charge in [-0.3, -0.25) is 14.6 Å². The molecule has 1 amide bonds. The third-order valence-corrected chi connectivity index (χ3v) is 7.65. The van der Waals surface area contributed by atoms with Gasteiger partial charge in [-0.2, -0.15) is 0 Å². The van der Waals surface area contributed by atoms with E-state index in [1.807, 2.05) is 42.5 Å². The van der Waals surface area contributed by atoms with Crippen LogP contribution in [0.15, 0.2) is 66.7 Å². The van der Waals surface area contributed by atoms with E-state index in [1.165, 1.54) is 5.56 Å². The fourth-order valence-electron chi connectivity index (χ4n) is 4.93. The number of β-amino-alcohol motifs (C(OH)–C–C–N with tert-alkyl or cyclic N) is 1. The number of ether oxygens (including phenoxy) is 2. The van der Waals surface area contributed by atoms with Crippen LogP contribution in [0.1, 0.15) is 21.5 Å². The SMILES string of the molecule is O=C(N[C@@H](Cc1ccccc1)[C@H](O)CN1CCN(Cc2ccc3c(c2)OCO3)CC1)c1c(Cl)cccc1Cl. The first kappa shape index (κ1) is 26.8. The van der Waals surface area contributed by atoms with Gasteiger partial charge in [-0.1, -0.05) is 65.7 Å². The van der Waals surface area contributed by atoms with Crippen LogP contribution in [0.25, 0.3) is 0 Å². The van der Waals surface area contributed by atoms with E-state index in [0.717, 1.165) is 49.8 Å². The van der Waals surface area contributed by atoms with E-state index >= 15 is 0 Å². The molecule has 0 radical (unpaired) electrons. The summed E-state index contributed by atoms with van der Waals surface area (Å²) in [6.45, 7) is 4.97. The average molecular weight is 556 g/mol. The highest BCUT2D eigenvalue weighted by molar-refractivity contribution is 6.39. The lowest BCUT2D eigenvalue weighted by Crippen LogP contribution is -2.53. The second-order valence-electron chi connectivity index (χ2n) is 9.70. The first-order valence-corrected chi connectivity index (χ1v) is 13.5. The summed E-state index contributed by atoms with van der Waals surface area (Å²) < 4.78 is 10.9. The van der Waals surface area contributed by atoms with Crippen LogP contribution in [0.4, 0.5) is 0 Å². The van der Waals surface area contributed by atoms with Crippen molar-refractivity contribution >= 4 is 29.1 Å². The molecule has 0 unspecified atom stereocenters. The van der Waals surface area contributed by atoms with Gasteiger partial charge in [0, 0.05) is 39.3 Å². The highest BCUT2D eigenvalue weighted by Crippen LogP contribution is 2.33. The zero-order valence-electron chi connectivity index (χ0n) is 21.0. The molecule has 2 atom stereocenters. The molecule has 2 heterocycles. The van der Waals surface area contributed by atoms with Crippen molar-refractivity contribution in [2.24, 2.45) is 0 Å². The van der Waals surface area contributed by atoms with Gasteiger partial charge in [0.25, 0.3) is 5.91 Å². The monoisotopic (exact) mass is 555 g/mol. The quantitative estimate of drug-likeness (QED) is 0.411. The highest BCUT2D eigenvalue weighted by atomic mass is 35.5. The van der Waals surface area contributed by atoms with Crippen molar-refractivity contribution in [3.8, 4) is 11.5 Å². The molecule has 0 aliphatic carbocycles. The lowest BCUT2D eigenvalue weighted by Gasteiger charge is -2.37. The van der Waals surface area contributed by atoms with Gasteiger partial charge in [-0.25, -0.2) is 0 Å². The zero-order chi connectivity index (χ0) is 26.5. The summed E-state index contributed by atoms with van der Waals surface area (Å²) >= 11 is 12.5. The van der Waals surface area contributed by atoms with Gasteiger partial charge in [0.05, 0.1) is 27.8 Å². The Morgan fingerprint density at radius 2 is 1.55 bits per heavy atom. The van der Waals surface area contributed by atoms with E-state index in [-0.39, 0.29) is 22.4 Å². The largest absolute Gasteiger partial charge is 0.454 e. The van der Waals surface area contributed by atoms with Crippen LogP contribution in [0.5, 0.6) is 11.5 Å². The van der Waals surface area contributed by atoms with Crippen molar-refractivity contribution in [1.29, 1.82) is 0 Å². The molecule has 0 saturated carbocycles. The Kier molecular flexibility index (Phi) is 8.72. The third kappa shape index (κ3) is 6.60. The third-order valence-electron chi connectivity index (χ3n) is 7.02. The van der Waals surface area contributed by atoms with Gasteiger partial charge in [0.1, 0.15) is 0 Å². The number of piperazine rings is 1. The Labute approximate surface area is 232 Å². The van der Waals surface area contributed by atoms with Crippen molar-refractivity contribution < 1.29 is 19.4 Å². The number of aliphatic hydroxyl groups excluding tert-OH is 1. The number of hydrogen-bond acceptors (Lipinski definition) is 6. The number of nitrogens with zero attached hydrogens (tertiary/aromatic N) is 2. The van der Waals surface area contributed by atoms with E-state index in [4.69, 9.17) is 32.7 Å². The minimum absolute atomic E-state index is 0.221. The lowest BCUT2D eigenvalue weighted by molar-refractivity contribution is 0.0478. The molecule has 0 spiro atoms. The molecule has 3 aromatic rings. The molecule has 2 N–H and O–H groups in total. The maximum absolute atomic E-state index is 13.1. The van der Waals surface area contributed by atoms with Crippen molar-refractivity contribution in [3.05, 3.63) is 93.5 Å². The number of rotatable bonds is 9. The molecule has 3 aromatic carbocycles.